The number of methoxy groups -OCH3 is 1. The predicted octanol–water partition coefficient (Wildman–Crippen LogP) is 2.79. The summed E-state index contributed by atoms with van der Waals surface area (Å²) in [5.74, 6) is -0.371. The number of fused-ring (bicyclic) bond motifs is 1. The van der Waals surface area contributed by atoms with E-state index in [2.05, 4.69) is 25.6 Å². The van der Waals surface area contributed by atoms with Gasteiger partial charge in [0.1, 0.15) is 16.9 Å². The number of carbonyl (C=O) groups excluding carboxylic acids is 1. The second-order valence-corrected chi connectivity index (χ2v) is 8.06. The van der Waals surface area contributed by atoms with Crippen LogP contribution in [0, 0.1) is 5.92 Å². The zero-order valence-electron chi connectivity index (χ0n) is 18.3. The summed E-state index contributed by atoms with van der Waals surface area (Å²) >= 11 is 0. The Morgan fingerprint density at radius 2 is 2.03 bits per heavy atom. The van der Waals surface area contributed by atoms with Gasteiger partial charge in [0.25, 0.3) is 0 Å². The van der Waals surface area contributed by atoms with Crippen LogP contribution in [0.3, 0.4) is 0 Å². The Morgan fingerprint density at radius 3 is 2.69 bits per heavy atom. The molecule has 1 aromatic carbocycles. The molecular weight excluding hydrogens is 412 g/mol. The molecule has 0 bridgehead atoms. The number of amides is 1. The largest absolute Gasteiger partial charge is 0.492 e. The number of aromatic carboxylic acids is 1. The van der Waals surface area contributed by atoms with Gasteiger partial charge in [0.2, 0.25) is 5.91 Å². The summed E-state index contributed by atoms with van der Waals surface area (Å²) < 4.78 is 7.57. The van der Waals surface area contributed by atoms with E-state index in [1.807, 2.05) is 30.9 Å². The van der Waals surface area contributed by atoms with Gasteiger partial charge in [-0.05, 0) is 39.1 Å². The number of likely N-dealkylation sites (N-methyl/N-ethyl adjacent to an activating group) is 1. The van der Waals surface area contributed by atoms with E-state index >= 15 is 0 Å². The van der Waals surface area contributed by atoms with E-state index in [0.29, 0.717) is 29.5 Å². The Morgan fingerprint density at radius 1 is 1.25 bits per heavy atom. The molecular formula is C22H26N6O4. The fourth-order valence-corrected chi connectivity index (χ4v) is 3.43. The number of hydrogen-bond acceptors (Lipinski definition) is 7. The number of pyridine rings is 1. The number of nitrogens with one attached hydrogen (secondary N) is 2. The number of carboxylic acids is 1. The Hall–Kier alpha value is -3.66. The number of hydrogen-bond donors (Lipinski definition) is 3. The molecule has 0 unspecified atom stereocenters. The first-order valence-electron chi connectivity index (χ1n) is 10.4. The number of rotatable bonds is 9. The molecule has 3 N–H and O–H groups in total. The van der Waals surface area contributed by atoms with Crippen LogP contribution >= 0.6 is 0 Å². The molecule has 168 valence electrons. The third-order valence-corrected chi connectivity index (χ3v) is 5.32. The minimum Gasteiger partial charge on any atom is -0.492 e. The minimum atomic E-state index is -1.13. The number of anilines is 3. The minimum absolute atomic E-state index is 0.0114. The van der Waals surface area contributed by atoms with Gasteiger partial charge in [-0.2, -0.15) is 5.10 Å². The summed E-state index contributed by atoms with van der Waals surface area (Å²) in [6.45, 7) is 1.47. The van der Waals surface area contributed by atoms with E-state index in [0.717, 1.165) is 30.3 Å². The summed E-state index contributed by atoms with van der Waals surface area (Å²) in [5.41, 5.74) is 1.68. The van der Waals surface area contributed by atoms with Crippen molar-refractivity contribution in [3.05, 3.63) is 36.2 Å². The molecule has 0 aliphatic heterocycles. The molecule has 3 aromatic rings. The van der Waals surface area contributed by atoms with Crippen molar-refractivity contribution in [3.8, 4) is 5.75 Å². The van der Waals surface area contributed by atoms with Crippen LogP contribution in [0.2, 0.25) is 0 Å². The number of carbonyl (C=O) groups is 2. The maximum absolute atomic E-state index is 12.1. The third kappa shape index (κ3) is 4.50. The average molecular weight is 438 g/mol. The zero-order chi connectivity index (χ0) is 22.8. The van der Waals surface area contributed by atoms with Gasteiger partial charge >= 0.3 is 5.97 Å². The first-order valence-corrected chi connectivity index (χ1v) is 10.4. The van der Waals surface area contributed by atoms with Gasteiger partial charge in [-0.25, -0.2) is 9.78 Å². The standard InChI is InChI=1S/C22H26N6O4/c1-27(2)8-9-28-19-14(11-24-28)6-7-16(20(19)32-3)25-17-10-18(23-12-15(17)22(30)31)26-21(29)13-4-5-13/h6-7,10-13H,4-5,8-9H2,1-3H3,(H,30,31)(H2,23,25,26,29). The molecule has 10 heteroatoms. The van der Waals surface area contributed by atoms with Crippen molar-refractivity contribution in [2.75, 3.05) is 38.4 Å². The fourth-order valence-electron chi connectivity index (χ4n) is 3.43. The topological polar surface area (TPSA) is 122 Å². The summed E-state index contributed by atoms with van der Waals surface area (Å²) in [6, 6.07) is 5.24. The van der Waals surface area contributed by atoms with Crippen molar-refractivity contribution >= 4 is 40.0 Å². The molecule has 2 heterocycles. The second kappa shape index (κ2) is 8.83. The van der Waals surface area contributed by atoms with Crippen molar-refractivity contribution in [2.24, 2.45) is 5.92 Å². The molecule has 2 aromatic heterocycles. The highest BCUT2D eigenvalue weighted by atomic mass is 16.5. The molecule has 0 radical (unpaired) electrons. The summed E-state index contributed by atoms with van der Waals surface area (Å²) in [4.78, 5) is 30.0. The molecule has 0 saturated heterocycles. The van der Waals surface area contributed by atoms with Crippen molar-refractivity contribution in [2.45, 2.75) is 19.4 Å². The molecule has 1 aliphatic rings. The Bertz CT molecular complexity index is 1170. The lowest BCUT2D eigenvalue weighted by atomic mass is 10.1. The number of ether oxygens (including phenoxy) is 1. The third-order valence-electron chi connectivity index (χ3n) is 5.32. The summed E-state index contributed by atoms with van der Waals surface area (Å²) in [5, 5.41) is 20.9. The smallest absolute Gasteiger partial charge is 0.339 e. The molecule has 1 aliphatic carbocycles. The summed E-state index contributed by atoms with van der Waals surface area (Å²) in [6.07, 6.45) is 4.74. The van der Waals surface area contributed by atoms with Crippen LogP contribution in [0.25, 0.3) is 10.9 Å². The van der Waals surface area contributed by atoms with Crippen LogP contribution < -0.4 is 15.4 Å². The van der Waals surface area contributed by atoms with Crippen LogP contribution in [0.4, 0.5) is 17.2 Å². The normalized spacial score (nSPS) is 13.4. The summed E-state index contributed by atoms with van der Waals surface area (Å²) in [7, 11) is 5.55. The molecule has 4 rings (SSSR count). The number of benzene rings is 1. The van der Waals surface area contributed by atoms with E-state index in [1.54, 1.807) is 13.3 Å². The van der Waals surface area contributed by atoms with E-state index in [4.69, 9.17) is 4.74 Å². The van der Waals surface area contributed by atoms with Crippen LogP contribution in [-0.2, 0) is 11.3 Å². The van der Waals surface area contributed by atoms with Gasteiger partial charge in [-0.1, -0.05) is 0 Å². The van der Waals surface area contributed by atoms with Crippen molar-refractivity contribution in [3.63, 3.8) is 0 Å². The molecule has 1 amide bonds. The van der Waals surface area contributed by atoms with E-state index in [-0.39, 0.29) is 17.4 Å². The molecule has 32 heavy (non-hydrogen) atoms. The van der Waals surface area contributed by atoms with Gasteiger partial charge in [0.05, 0.1) is 31.2 Å². The Kier molecular flexibility index (Phi) is 5.95. The number of nitrogens with zero attached hydrogens (tertiary/aromatic N) is 4. The molecule has 0 spiro atoms. The van der Waals surface area contributed by atoms with Gasteiger partial charge in [-0.3, -0.25) is 9.48 Å². The number of carboxylic acid groups (broad SMARTS) is 1. The SMILES string of the molecule is COc1c(Nc2cc(NC(=O)C3CC3)ncc2C(=O)O)ccc2cnn(CCN(C)C)c12. The average Bonchev–Trinajstić information content (AvgIpc) is 3.53. The van der Waals surface area contributed by atoms with Crippen molar-refractivity contribution in [1.82, 2.24) is 19.7 Å². The van der Waals surface area contributed by atoms with Crippen LogP contribution in [0.1, 0.15) is 23.2 Å². The lowest BCUT2D eigenvalue weighted by Gasteiger charge is -2.16. The Labute approximate surface area is 185 Å². The zero-order valence-corrected chi connectivity index (χ0v) is 18.3. The quantitative estimate of drug-likeness (QED) is 0.466. The van der Waals surface area contributed by atoms with Gasteiger partial charge in [0.15, 0.2) is 5.75 Å². The lowest BCUT2D eigenvalue weighted by molar-refractivity contribution is -0.117. The molecule has 10 nitrogen and oxygen atoms in total. The van der Waals surface area contributed by atoms with Crippen LogP contribution in [-0.4, -0.2) is 64.4 Å². The van der Waals surface area contributed by atoms with Crippen LogP contribution in [0.5, 0.6) is 5.75 Å². The van der Waals surface area contributed by atoms with Gasteiger partial charge < -0.3 is 25.4 Å². The molecule has 1 fully saturated rings. The highest BCUT2D eigenvalue weighted by Crippen LogP contribution is 2.37. The first-order chi connectivity index (χ1) is 15.4. The number of aromatic nitrogens is 3. The van der Waals surface area contributed by atoms with Gasteiger partial charge in [-0.15, -0.1) is 0 Å². The predicted molar refractivity (Wildman–Crippen MR) is 121 cm³/mol. The van der Waals surface area contributed by atoms with E-state index in [1.165, 1.54) is 12.3 Å². The fraction of sp³-hybridized carbons (Fsp3) is 0.364. The maximum atomic E-state index is 12.1. The van der Waals surface area contributed by atoms with Crippen LogP contribution in [0.15, 0.2) is 30.6 Å². The Balaban J connectivity index is 1.70. The van der Waals surface area contributed by atoms with E-state index < -0.39 is 5.97 Å². The molecule has 0 atom stereocenters. The van der Waals surface area contributed by atoms with Crippen molar-refractivity contribution < 1.29 is 19.4 Å². The second-order valence-electron chi connectivity index (χ2n) is 8.06. The highest BCUT2D eigenvalue weighted by molar-refractivity contribution is 5.99. The molecule has 1 saturated carbocycles. The maximum Gasteiger partial charge on any atom is 0.339 e. The van der Waals surface area contributed by atoms with Gasteiger partial charge in [0, 0.05) is 30.1 Å². The lowest BCUT2D eigenvalue weighted by Crippen LogP contribution is -2.19. The monoisotopic (exact) mass is 438 g/mol. The van der Waals surface area contributed by atoms with E-state index in [9.17, 15) is 14.7 Å². The van der Waals surface area contributed by atoms with Crippen molar-refractivity contribution in [1.29, 1.82) is 0 Å². The first kappa shape index (κ1) is 21.6. The highest BCUT2D eigenvalue weighted by Gasteiger charge is 2.30.